The van der Waals surface area contributed by atoms with Crippen LogP contribution in [0.3, 0.4) is 0 Å². The van der Waals surface area contributed by atoms with E-state index in [1.54, 1.807) is 12.1 Å². The monoisotopic (exact) mass is 343 g/mol. The van der Waals surface area contributed by atoms with E-state index in [-0.39, 0.29) is 18.3 Å². The van der Waals surface area contributed by atoms with Gasteiger partial charge in [-0.1, -0.05) is 6.07 Å². The molecule has 5 nitrogen and oxygen atoms in total. The third-order valence-corrected chi connectivity index (χ3v) is 4.09. The number of ether oxygens (including phenoxy) is 1. The van der Waals surface area contributed by atoms with Crippen molar-refractivity contribution in [3.05, 3.63) is 53.8 Å². The molecule has 1 saturated heterocycles. The lowest BCUT2D eigenvalue weighted by molar-refractivity contribution is -0.114. The smallest absolute Gasteiger partial charge is 0.243 e. The van der Waals surface area contributed by atoms with E-state index in [4.69, 9.17) is 4.74 Å². The largest absolute Gasteiger partial charge is 0.378 e. The molecule has 1 aliphatic rings. The molecule has 2 aromatic rings. The molecule has 0 aromatic heterocycles. The first-order valence-corrected chi connectivity index (χ1v) is 8.34. The molecule has 0 radical (unpaired) electrons. The minimum absolute atomic E-state index is 0.00515. The van der Waals surface area contributed by atoms with E-state index < -0.39 is 0 Å². The zero-order valence-electron chi connectivity index (χ0n) is 14.2. The molecule has 0 unspecified atom stereocenters. The number of benzene rings is 2. The Morgan fingerprint density at radius 2 is 1.88 bits per heavy atom. The van der Waals surface area contributed by atoms with Gasteiger partial charge in [0.2, 0.25) is 5.91 Å². The summed E-state index contributed by atoms with van der Waals surface area (Å²) in [5.74, 6) is -0.582. The minimum Gasteiger partial charge on any atom is -0.378 e. The Hall–Kier alpha value is -2.60. The van der Waals surface area contributed by atoms with Crippen molar-refractivity contribution in [3.63, 3.8) is 0 Å². The average Bonchev–Trinajstić information content (AvgIpc) is 2.62. The van der Waals surface area contributed by atoms with Crippen LogP contribution in [-0.2, 0) is 9.53 Å². The first-order valence-electron chi connectivity index (χ1n) is 8.34. The van der Waals surface area contributed by atoms with Crippen LogP contribution in [0.2, 0.25) is 0 Å². The van der Waals surface area contributed by atoms with E-state index in [1.165, 1.54) is 6.07 Å². The number of halogens is 1. The Balaban J connectivity index is 1.52. The second-order valence-electron chi connectivity index (χ2n) is 6.03. The predicted octanol–water partition coefficient (Wildman–Crippen LogP) is 3.02. The van der Waals surface area contributed by atoms with E-state index in [2.05, 4.69) is 15.5 Å². The number of nitrogens with one attached hydrogen (secondary N) is 2. The highest BCUT2D eigenvalue weighted by atomic mass is 19.1. The maximum absolute atomic E-state index is 13.7. The van der Waals surface area contributed by atoms with E-state index in [0.717, 1.165) is 37.6 Å². The molecule has 1 aliphatic heterocycles. The molecule has 1 amide bonds. The molecule has 2 aromatic carbocycles. The highest BCUT2D eigenvalue weighted by Crippen LogP contribution is 2.19. The van der Waals surface area contributed by atoms with Crippen molar-refractivity contribution in [1.29, 1.82) is 0 Å². The molecule has 132 valence electrons. The number of carbonyl (C=O) groups excluding carboxylic acids is 1. The molecule has 2 N–H and O–H groups in total. The Bertz CT molecular complexity index is 728. The third kappa shape index (κ3) is 4.70. The van der Waals surface area contributed by atoms with Gasteiger partial charge < -0.3 is 20.3 Å². The first-order chi connectivity index (χ1) is 12.1. The molecule has 6 heteroatoms. The summed E-state index contributed by atoms with van der Waals surface area (Å²) in [7, 11) is 0. The van der Waals surface area contributed by atoms with Gasteiger partial charge in [-0.2, -0.15) is 0 Å². The van der Waals surface area contributed by atoms with Crippen LogP contribution < -0.4 is 15.5 Å². The maximum Gasteiger partial charge on any atom is 0.243 e. The fourth-order valence-electron chi connectivity index (χ4n) is 2.72. The molecule has 0 bridgehead atoms. The molecule has 0 aliphatic carbocycles. The summed E-state index contributed by atoms with van der Waals surface area (Å²) in [6.45, 7) is 5.04. The van der Waals surface area contributed by atoms with Crippen molar-refractivity contribution in [2.24, 2.45) is 0 Å². The van der Waals surface area contributed by atoms with Crippen molar-refractivity contribution in [2.45, 2.75) is 6.92 Å². The van der Waals surface area contributed by atoms with Crippen LogP contribution >= 0.6 is 0 Å². The number of hydrogen-bond acceptors (Lipinski definition) is 4. The SMILES string of the molecule is Cc1ccc(NCC(=O)Nc2ccc(N3CCOCC3)cc2)c(F)c1. The van der Waals surface area contributed by atoms with Crippen molar-refractivity contribution in [3.8, 4) is 0 Å². The average molecular weight is 343 g/mol. The molecular weight excluding hydrogens is 321 g/mol. The normalized spacial score (nSPS) is 14.2. The summed E-state index contributed by atoms with van der Waals surface area (Å²) in [5, 5.41) is 5.62. The van der Waals surface area contributed by atoms with Gasteiger partial charge in [0.25, 0.3) is 0 Å². The van der Waals surface area contributed by atoms with Gasteiger partial charge in [-0.05, 0) is 48.9 Å². The fourth-order valence-corrected chi connectivity index (χ4v) is 2.72. The highest BCUT2D eigenvalue weighted by molar-refractivity contribution is 5.93. The summed E-state index contributed by atoms with van der Waals surface area (Å²) in [6, 6.07) is 12.6. The van der Waals surface area contributed by atoms with Crippen molar-refractivity contribution >= 4 is 23.0 Å². The molecule has 3 rings (SSSR count). The molecular formula is C19H22FN3O2. The quantitative estimate of drug-likeness (QED) is 0.876. The van der Waals surface area contributed by atoms with Crippen LogP contribution in [0.1, 0.15) is 5.56 Å². The van der Waals surface area contributed by atoms with Crippen LogP contribution in [0.15, 0.2) is 42.5 Å². The minimum atomic E-state index is -0.359. The predicted molar refractivity (Wildman–Crippen MR) is 97.7 cm³/mol. The van der Waals surface area contributed by atoms with Crippen LogP contribution in [0, 0.1) is 12.7 Å². The zero-order chi connectivity index (χ0) is 17.6. The topological polar surface area (TPSA) is 53.6 Å². The van der Waals surface area contributed by atoms with Gasteiger partial charge in [-0.25, -0.2) is 4.39 Å². The van der Waals surface area contributed by atoms with Crippen LogP contribution in [-0.4, -0.2) is 38.8 Å². The number of anilines is 3. The standard InChI is InChI=1S/C19H22FN3O2/c1-14-2-7-18(17(20)12-14)21-13-19(24)22-15-3-5-16(6-4-15)23-8-10-25-11-9-23/h2-7,12,21H,8-11,13H2,1H3,(H,22,24). The van der Waals surface area contributed by atoms with Gasteiger partial charge in [0, 0.05) is 24.5 Å². The van der Waals surface area contributed by atoms with E-state index in [0.29, 0.717) is 11.4 Å². The second-order valence-corrected chi connectivity index (χ2v) is 6.03. The fraction of sp³-hybridized carbons (Fsp3) is 0.316. The Kier molecular flexibility index (Phi) is 5.50. The molecule has 1 heterocycles. The van der Waals surface area contributed by atoms with Crippen molar-refractivity contribution in [2.75, 3.05) is 48.4 Å². The summed E-state index contributed by atoms with van der Waals surface area (Å²) in [6.07, 6.45) is 0. The molecule has 1 fully saturated rings. The molecule has 0 atom stereocenters. The highest BCUT2D eigenvalue weighted by Gasteiger charge is 2.11. The first kappa shape index (κ1) is 17.2. The van der Waals surface area contributed by atoms with Crippen LogP contribution in [0.25, 0.3) is 0 Å². The third-order valence-electron chi connectivity index (χ3n) is 4.09. The van der Waals surface area contributed by atoms with E-state index in [9.17, 15) is 9.18 Å². The van der Waals surface area contributed by atoms with Gasteiger partial charge in [-0.3, -0.25) is 4.79 Å². The Morgan fingerprint density at radius 1 is 1.16 bits per heavy atom. The van der Waals surface area contributed by atoms with Gasteiger partial charge in [0.05, 0.1) is 25.4 Å². The summed E-state index contributed by atoms with van der Waals surface area (Å²) >= 11 is 0. The summed E-state index contributed by atoms with van der Waals surface area (Å²) in [4.78, 5) is 14.3. The lowest BCUT2D eigenvalue weighted by Gasteiger charge is -2.28. The van der Waals surface area contributed by atoms with Crippen LogP contribution in [0.5, 0.6) is 0 Å². The van der Waals surface area contributed by atoms with E-state index >= 15 is 0 Å². The number of carbonyl (C=O) groups is 1. The van der Waals surface area contributed by atoms with Gasteiger partial charge in [0.1, 0.15) is 5.82 Å². The van der Waals surface area contributed by atoms with Gasteiger partial charge >= 0.3 is 0 Å². The number of rotatable bonds is 5. The van der Waals surface area contributed by atoms with Crippen LogP contribution in [0.4, 0.5) is 21.5 Å². The summed E-state index contributed by atoms with van der Waals surface area (Å²) < 4.78 is 19.1. The summed E-state index contributed by atoms with van der Waals surface area (Å²) in [5.41, 5.74) is 2.99. The Labute approximate surface area is 146 Å². The number of aryl methyl sites for hydroxylation is 1. The van der Waals surface area contributed by atoms with Gasteiger partial charge in [-0.15, -0.1) is 0 Å². The lowest BCUT2D eigenvalue weighted by Crippen LogP contribution is -2.36. The molecule has 0 saturated carbocycles. The molecule has 25 heavy (non-hydrogen) atoms. The number of nitrogens with zero attached hydrogens (tertiary/aromatic N) is 1. The zero-order valence-corrected chi connectivity index (χ0v) is 14.2. The van der Waals surface area contributed by atoms with Gasteiger partial charge in [0.15, 0.2) is 0 Å². The number of hydrogen-bond donors (Lipinski definition) is 2. The molecule has 0 spiro atoms. The lowest BCUT2D eigenvalue weighted by atomic mass is 10.2. The van der Waals surface area contributed by atoms with E-state index in [1.807, 2.05) is 31.2 Å². The second kappa shape index (κ2) is 7.98. The number of morpholine rings is 1. The maximum atomic E-state index is 13.7. The van der Waals surface area contributed by atoms with Crippen molar-refractivity contribution in [1.82, 2.24) is 0 Å². The Morgan fingerprint density at radius 3 is 2.56 bits per heavy atom. The van der Waals surface area contributed by atoms with Crippen molar-refractivity contribution < 1.29 is 13.9 Å². The number of amides is 1.